The van der Waals surface area contributed by atoms with E-state index in [4.69, 9.17) is 4.98 Å². The van der Waals surface area contributed by atoms with Crippen molar-refractivity contribution in [3.05, 3.63) is 11.8 Å². The van der Waals surface area contributed by atoms with E-state index in [9.17, 15) is 4.79 Å². The van der Waals surface area contributed by atoms with Crippen LogP contribution in [0.15, 0.2) is 6.07 Å². The van der Waals surface area contributed by atoms with Gasteiger partial charge in [0.15, 0.2) is 0 Å². The maximum atomic E-state index is 13.0. The first-order valence-corrected chi connectivity index (χ1v) is 11.7. The zero-order valence-corrected chi connectivity index (χ0v) is 17.8. The maximum absolute atomic E-state index is 13.0. The minimum Gasteiger partial charge on any atom is -0.356 e. The average Bonchev–Trinajstić information content (AvgIpc) is 2.70. The zero-order valence-electron chi connectivity index (χ0n) is 17.8. The Morgan fingerprint density at radius 2 is 1.69 bits per heavy atom. The molecule has 1 amide bonds. The van der Waals surface area contributed by atoms with Gasteiger partial charge in [-0.2, -0.15) is 4.98 Å². The molecule has 158 valence electrons. The number of aromatic nitrogens is 2. The van der Waals surface area contributed by atoms with Crippen molar-refractivity contribution in [2.24, 2.45) is 23.2 Å². The summed E-state index contributed by atoms with van der Waals surface area (Å²) >= 11 is 0. The van der Waals surface area contributed by atoms with Gasteiger partial charge in [0, 0.05) is 43.4 Å². The molecular weight excluding hydrogens is 362 g/mol. The van der Waals surface area contributed by atoms with Gasteiger partial charge in [0.25, 0.3) is 0 Å². The fraction of sp³-hybridized carbons (Fsp3) is 0.783. The van der Waals surface area contributed by atoms with E-state index in [1.807, 2.05) is 6.92 Å². The minimum atomic E-state index is -0.0595. The summed E-state index contributed by atoms with van der Waals surface area (Å²) in [6.07, 6.45) is 11.3. The topological polar surface area (TPSA) is 70.2 Å². The van der Waals surface area contributed by atoms with E-state index in [2.05, 4.69) is 26.6 Å². The number of aryl methyl sites for hydroxylation is 1. The molecule has 5 fully saturated rings. The van der Waals surface area contributed by atoms with Crippen LogP contribution in [0.4, 0.5) is 11.8 Å². The van der Waals surface area contributed by atoms with Gasteiger partial charge in [-0.15, -0.1) is 0 Å². The molecule has 29 heavy (non-hydrogen) atoms. The van der Waals surface area contributed by atoms with Crippen molar-refractivity contribution in [3.8, 4) is 0 Å². The molecule has 0 unspecified atom stereocenters. The first-order chi connectivity index (χ1) is 14.1. The molecule has 6 heteroatoms. The molecule has 6 rings (SSSR count). The molecular formula is C23H35N5O. The third-order valence-electron chi connectivity index (χ3n) is 7.73. The number of nitrogens with one attached hydrogen (secondary N) is 2. The molecule has 2 N–H and O–H groups in total. The predicted molar refractivity (Wildman–Crippen MR) is 115 cm³/mol. The van der Waals surface area contributed by atoms with Gasteiger partial charge in [0.05, 0.1) is 0 Å². The number of anilines is 2. The number of carbonyl (C=O) groups excluding carboxylic acids is 1. The van der Waals surface area contributed by atoms with E-state index in [1.54, 1.807) is 0 Å². The van der Waals surface area contributed by atoms with Crippen molar-refractivity contribution in [2.45, 2.75) is 64.7 Å². The second-order valence-corrected chi connectivity index (χ2v) is 10.1. The van der Waals surface area contributed by atoms with Crippen LogP contribution in [0.25, 0.3) is 0 Å². The lowest BCUT2D eigenvalue weighted by Gasteiger charge is -2.55. The molecule has 4 saturated carbocycles. The Balaban J connectivity index is 1.14. The van der Waals surface area contributed by atoms with Crippen LogP contribution in [0.2, 0.25) is 0 Å². The number of piperidine rings is 1. The summed E-state index contributed by atoms with van der Waals surface area (Å²) in [4.78, 5) is 24.7. The van der Waals surface area contributed by atoms with Crippen LogP contribution in [0.5, 0.6) is 0 Å². The molecule has 0 aromatic carbocycles. The number of carbonyl (C=O) groups is 1. The molecule has 1 aromatic heterocycles. The standard InChI is InChI=1S/C23H35N5O/c1-16-9-20(28-7-3-2-4-8-28)27-22(26-16)25-6-5-24-21(29)23-13-17-10-18(14-23)12-19(11-17)15-23/h9,17-19H,2-8,10-15H2,1H3,(H,24,29)(H,25,26,27). The highest BCUT2D eigenvalue weighted by Crippen LogP contribution is 2.60. The highest BCUT2D eigenvalue weighted by molar-refractivity contribution is 5.83. The zero-order chi connectivity index (χ0) is 19.8. The molecule has 5 aliphatic rings. The van der Waals surface area contributed by atoms with Crippen LogP contribution >= 0.6 is 0 Å². The molecule has 2 heterocycles. The fourth-order valence-electron chi connectivity index (χ4n) is 6.84. The molecule has 4 bridgehead atoms. The van der Waals surface area contributed by atoms with Crippen LogP contribution in [-0.2, 0) is 4.79 Å². The number of hydrogen-bond acceptors (Lipinski definition) is 5. The van der Waals surface area contributed by atoms with Crippen molar-refractivity contribution >= 4 is 17.7 Å². The molecule has 0 atom stereocenters. The van der Waals surface area contributed by atoms with Crippen molar-refractivity contribution in [1.29, 1.82) is 0 Å². The Bertz CT molecular complexity index is 722. The van der Waals surface area contributed by atoms with E-state index < -0.39 is 0 Å². The van der Waals surface area contributed by atoms with Crippen molar-refractivity contribution in [2.75, 3.05) is 36.4 Å². The Morgan fingerprint density at radius 3 is 2.34 bits per heavy atom. The Kier molecular flexibility index (Phi) is 5.12. The predicted octanol–water partition coefficient (Wildman–Crippen LogP) is 3.52. The van der Waals surface area contributed by atoms with Crippen LogP contribution in [0.1, 0.15) is 63.5 Å². The Morgan fingerprint density at radius 1 is 1.03 bits per heavy atom. The lowest BCUT2D eigenvalue weighted by atomic mass is 9.49. The van der Waals surface area contributed by atoms with E-state index in [0.717, 1.165) is 61.6 Å². The summed E-state index contributed by atoms with van der Waals surface area (Å²) < 4.78 is 0. The van der Waals surface area contributed by atoms with Gasteiger partial charge in [-0.05, 0) is 82.5 Å². The van der Waals surface area contributed by atoms with Crippen LogP contribution in [0, 0.1) is 30.1 Å². The largest absolute Gasteiger partial charge is 0.356 e. The first kappa shape index (κ1) is 19.1. The van der Waals surface area contributed by atoms with Gasteiger partial charge in [-0.3, -0.25) is 4.79 Å². The number of hydrogen-bond donors (Lipinski definition) is 2. The number of amides is 1. The van der Waals surface area contributed by atoms with Crippen LogP contribution in [0.3, 0.4) is 0 Å². The summed E-state index contributed by atoms with van der Waals surface area (Å²) in [5.74, 6) is 4.42. The molecule has 1 aliphatic heterocycles. The second kappa shape index (κ2) is 7.77. The maximum Gasteiger partial charge on any atom is 0.226 e. The van der Waals surface area contributed by atoms with E-state index >= 15 is 0 Å². The lowest BCUT2D eigenvalue weighted by molar-refractivity contribution is -0.146. The summed E-state index contributed by atoms with van der Waals surface area (Å²) in [7, 11) is 0. The first-order valence-electron chi connectivity index (χ1n) is 11.7. The molecule has 1 saturated heterocycles. The average molecular weight is 398 g/mol. The summed E-state index contributed by atoms with van der Waals surface area (Å²) in [5, 5.41) is 6.57. The monoisotopic (exact) mass is 397 g/mol. The highest BCUT2D eigenvalue weighted by Gasteiger charge is 2.54. The van der Waals surface area contributed by atoms with E-state index in [-0.39, 0.29) is 5.41 Å². The summed E-state index contributed by atoms with van der Waals surface area (Å²) in [6, 6.07) is 2.07. The molecule has 4 aliphatic carbocycles. The minimum absolute atomic E-state index is 0.0595. The Labute approximate surface area is 174 Å². The summed E-state index contributed by atoms with van der Waals surface area (Å²) in [5.41, 5.74) is 0.927. The van der Waals surface area contributed by atoms with Crippen molar-refractivity contribution < 1.29 is 4.79 Å². The smallest absolute Gasteiger partial charge is 0.226 e. The molecule has 6 nitrogen and oxygen atoms in total. The van der Waals surface area contributed by atoms with Gasteiger partial charge in [-0.25, -0.2) is 4.98 Å². The van der Waals surface area contributed by atoms with Crippen molar-refractivity contribution in [1.82, 2.24) is 15.3 Å². The van der Waals surface area contributed by atoms with Gasteiger partial charge < -0.3 is 15.5 Å². The van der Waals surface area contributed by atoms with E-state index in [1.165, 1.54) is 38.5 Å². The van der Waals surface area contributed by atoms with E-state index in [0.29, 0.717) is 24.9 Å². The Hall–Kier alpha value is -1.85. The molecule has 0 radical (unpaired) electrons. The fourth-order valence-corrected chi connectivity index (χ4v) is 6.84. The third kappa shape index (κ3) is 3.95. The number of nitrogens with zero attached hydrogens (tertiary/aromatic N) is 3. The summed E-state index contributed by atoms with van der Waals surface area (Å²) in [6.45, 7) is 5.49. The highest BCUT2D eigenvalue weighted by atomic mass is 16.2. The van der Waals surface area contributed by atoms with Gasteiger partial charge >= 0.3 is 0 Å². The van der Waals surface area contributed by atoms with Crippen LogP contribution < -0.4 is 15.5 Å². The SMILES string of the molecule is Cc1cc(N2CCCCC2)nc(NCCNC(=O)C23CC4CC(CC(C4)C2)C3)n1. The normalized spacial score (nSPS) is 33.0. The number of rotatable bonds is 6. The van der Waals surface area contributed by atoms with Gasteiger partial charge in [-0.1, -0.05) is 0 Å². The van der Waals surface area contributed by atoms with Gasteiger partial charge in [0.2, 0.25) is 11.9 Å². The quantitative estimate of drug-likeness (QED) is 0.719. The van der Waals surface area contributed by atoms with Crippen molar-refractivity contribution in [3.63, 3.8) is 0 Å². The molecule has 0 spiro atoms. The third-order valence-corrected chi connectivity index (χ3v) is 7.73. The van der Waals surface area contributed by atoms with Crippen LogP contribution in [-0.4, -0.2) is 42.1 Å². The molecule has 1 aromatic rings. The second-order valence-electron chi connectivity index (χ2n) is 10.1. The van der Waals surface area contributed by atoms with Gasteiger partial charge in [0.1, 0.15) is 5.82 Å². The lowest BCUT2D eigenvalue weighted by Crippen LogP contribution is -2.54.